The number of likely N-dealkylation sites (tertiary alicyclic amines) is 1. The summed E-state index contributed by atoms with van der Waals surface area (Å²) in [6, 6.07) is 0.668. The van der Waals surface area contributed by atoms with Gasteiger partial charge in [-0.25, -0.2) is 4.98 Å². The third-order valence-corrected chi connectivity index (χ3v) is 4.11. The fourth-order valence-electron chi connectivity index (χ4n) is 2.81. The third kappa shape index (κ3) is 4.06. The number of oxazole rings is 1. The minimum Gasteiger partial charge on any atom is -0.444 e. The summed E-state index contributed by atoms with van der Waals surface area (Å²) in [5.74, 6) is 1.85. The predicted molar refractivity (Wildman–Crippen MR) is 81.8 cm³/mol. The number of aromatic nitrogens is 1. The molecule has 0 bridgehead atoms. The van der Waals surface area contributed by atoms with Crippen LogP contribution < -0.4 is 5.32 Å². The van der Waals surface area contributed by atoms with Crippen LogP contribution in [0.15, 0.2) is 10.6 Å². The predicted octanol–water partition coefficient (Wildman–Crippen LogP) is 2.94. The summed E-state index contributed by atoms with van der Waals surface area (Å²) in [7, 11) is 2.02. The Hall–Kier alpha value is -0.870. The molecule has 0 saturated carbocycles. The lowest BCUT2D eigenvalue weighted by Gasteiger charge is -2.34. The second kappa shape index (κ2) is 6.72. The number of piperidine rings is 1. The Bertz CT molecular complexity index is 408. The van der Waals surface area contributed by atoms with Gasteiger partial charge in [0, 0.05) is 11.5 Å². The molecule has 1 aliphatic rings. The zero-order chi connectivity index (χ0) is 14.6. The molecule has 1 unspecified atom stereocenters. The van der Waals surface area contributed by atoms with E-state index in [0.29, 0.717) is 6.04 Å². The van der Waals surface area contributed by atoms with Crippen LogP contribution in [0.25, 0.3) is 0 Å². The summed E-state index contributed by atoms with van der Waals surface area (Å²) >= 11 is 0. The molecule has 20 heavy (non-hydrogen) atoms. The van der Waals surface area contributed by atoms with Crippen LogP contribution in [0, 0.1) is 0 Å². The molecule has 0 spiro atoms. The minimum absolute atomic E-state index is 0.0404. The maximum atomic E-state index is 5.94. The van der Waals surface area contributed by atoms with E-state index in [9.17, 15) is 0 Å². The molecule has 0 aliphatic carbocycles. The first-order valence-electron chi connectivity index (χ1n) is 7.84. The molecule has 1 atom stereocenters. The van der Waals surface area contributed by atoms with Crippen LogP contribution >= 0.6 is 0 Å². The summed E-state index contributed by atoms with van der Waals surface area (Å²) < 4.78 is 5.94. The summed E-state index contributed by atoms with van der Waals surface area (Å²) in [4.78, 5) is 7.01. The molecule has 1 aromatic rings. The molecule has 2 heterocycles. The van der Waals surface area contributed by atoms with E-state index in [4.69, 9.17) is 4.42 Å². The Kier molecular flexibility index (Phi) is 5.22. The number of nitrogens with one attached hydrogen (secondary N) is 1. The van der Waals surface area contributed by atoms with E-state index in [-0.39, 0.29) is 5.41 Å². The van der Waals surface area contributed by atoms with Crippen molar-refractivity contribution in [1.29, 1.82) is 0 Å². The van der Waals surface area contributed by atoms with Gasteiger partial charge in [0.1, 0.15) is 5.76 Å². The average Bonchev–Trinajstić information content (AvgIpc) is 2.86. The minimum atomic E-state index is 0.0404. The first-order chi connectivity index (χ1) is 9.50. The Labute approximate surface area is 122 Å². The van der Waals surface area contributed by atoms with Crippen molar-refractivity contribution in [3.8, 4) is 0 Å². The van der Waals surface area contributed by atoms with Gasteiger partial charge < -0.3 is 9.73 Å². The Morgan fingerprint density at radius 1 is 1.40 bits per heavy atom. The second-order valence-corrected chi connectivity index (χ2v) is 6.88. The lowest BCUT2D eigenvalue weighted by atomic mass is 9.94. The Morgan fingerprint density at radius 3 is 2.85 bits per heavy atom. The highest BCUT2D eigenvalue weighted by Crippen LogP contribution is 2.25. The topological polar surface area (TPSA) is 41.3 Å². The molecular weight excluding hydrogens is 250 g/mol. The van der Waals surface area contributed by atoms with E-state index >= 15 is 0 Å². The molecule has 0 amide bonds. The molecule has 114 valence electrons. The van der Waals surface area contributed by atoms with Gasteiger partial charge in [0.25, 0.3) is 0 Å². The van der Waals surface area contributed by atoms with Gasteiger partial charge in [0.2, 0.25) is 5.89 Å². The fourth-order valence-corrected chi connectivity index (χ4v) is 2.81. The normalized spacial score (nSPS) is 21.3. The van der Waals surface area contributed by atoms with Gasteiger partial charge in [-0.3, -0.25) is 4.90 Å². The molecule has 0 aromatic carbocycles. The molecule has 2 rings (SSSR count). The van der Waals surface area contributed by atoms with Crippen LogP contribution in [-0.4, -0.2) is 36.1 Å². The van der Waals surface area contributed by atoms with E-state index in [1.165, 1.54) is 32.2 Å². The third-order valence-electron chi connectivity index (χ3n) is 4.11. The van der Waals surface area contributed by atoms with Crippen LogP contribution in [0.5, 0.6) is 0 Å². The maximum absolute atomic E-state index is 5.94. The first kappa shape index (κ1) is 15.5. The highest BCUT2D eigenvalue weighted by atomic mass is 16.4. The van der Waals surface area contributed by atoms with Crippen LogP contribution in [0.3, 0.4) is 0 Å². The largest absolute Gasteiger partial charge is 0.444 e. The highest BCUT2D eigenvalue weighted by molar-refractivity contribution is 5.06. The van der Waals surface area contributed by atoms with E-state index in [1.807, 2.05) is 13.2 Å². The van der Waals surface area contributed by atoms with E-state index < -0.39 is 0 Å². The van der Waals surface area contributed by atoms with Gasteiger partial charge in [-0.2, -0.15) is 0 Å². The molecule has 1 aliphatic heterocycles. The van der Waals surface area contributed by atoms with Crippen molar-refractivity contribution in [1.82, 2.24) is 15.2 Å². The lowest BCUT2D eigenvalue weighted by Crippen LogP contribution is -2.40. The molecule has 4 heteroatoms. The van der Waals surface area contributed by atoms with Crippen molar-refractivity contribution in [2.75, 3.05) is 20.1 Å². The number of rotatable bonds is 5. The SMILES string of the molecule is CNCCC1CCCCN1Cc1ncc(C(C)(C)C)o1. The van der Waals surface area contributed by atoms with Gasteiger partial charge in [0.15, 0.2) is 0 Å². The molecule has 1 fully saturated rings. The van der Waals surface area contributed by atoms with Gasteiger partial charge in [-0.1, -0.05) is 27.2 Å². The lowest BCUT2D eigenvalue weighted by molar-refractivity contribution is 0.119. The van der Waals surface area contributed by atoms with E-state index in [0.717, 1.165) is 24.7 Å². The smallest absolute Gasteiger partial charge is 0.208 e. The Morgan fingerprint density at radius 2 is 2.20 bits per heavy atom. The zero-order valence-corrected chi connectivity index (χ0v) is 13.4. The van der Waals surface area contributed by atoms with Crippen molar-refractivity contribution in [2.24, 2.45) is 0 Å². The summed E-state index contributed by atoms with van der Waals surface area (Å²) in [5.41, 5.74) is 0.0404. The standard InChI is InChI=1S/C16H29N3O/c1-16(2,3)14-11-18-15(20-14)12-19-10-6-5-7-13(19)8-9-17-4/h11,13,17H,5-10,12H2,1-4H3. The highest BCUT2D eigenvalue weighted by Gasteiger charge is 2.25. The molecule has 1 aromatic heterocycles. The molecule has 1 saturated heterocycles. The van der Waals surface area contributed by atoms with Crippen LogP contribution in [0.2, 0.25) is 0 Å². The van der Waals surface area contributed by atoms with Gasteiger partial charge in [-0.05, 0) is 39.4 Å². The van der Waals surface area contributed by atoms with Crippen LogP contribution in [0.4, 0.5) is 0 Å². The van der Waals surface area contributed by atoms with Gasteiger partial charge in [0.05, 0.1) is 12.7 Å². The summed E-state index contributed by atoms with van der Waals surface area (Å²) in [6.45, 7) is 9.59. The van der Waals surface area contributed by atoms with Crippen molar-refractivity contribution < 1.29 is 4.42 Å². The summed E-state index contributed by atoms with van der Waals surface area (Å²) in [6.07, 6.45) is 7.05. The van der Waals surface area contributed by atoms with Crippen molar-refractivity contribution in [2.45, 2.75) is 64.5 Å². The average molecular weight is 279 g/mol. The van der Waals surface area contributed by atoms with E-state index in [2.05, 4.69) is 36.0 Å². The summed E-state index contributed by atoms with van der Waals surface area (Å²) in [5, 5.41) is 3.26. The number of nitrogens with zero attached hydrogens (tertiary/aromatic N) is 2. The van der Waals surface area contributed by atoms with Crippen LogP contribution in [-0.2, 0) is 12.0 Å². The fraction of sp³-hybridized carbons (Fsp3) is 0.812. The van der Waals surface area contributed by atoms with E-state index in [1.54, 1.807) is 0 Å². The van der Waals surface area contributed by atoms with Crippen molar-refractivity contribution >= 4 is 0 Å². The second-order valence-electron chi connectivity index (χ2n) is 6.88. The zero-order valence-electron chi connectivity index (χ0n) is 13.4. The molecular formula is C16H29N3O. The number of hydrogen-bond donors (Lipinski definition) is 1. The monoisotopic (exact) mass is 279 g/mol. The van der Waals surface area contributed by atoms with Gasteiger partial charge in [-0.15, -0.1) is 0 Å². The molecule has 1 N–H and O–H groups in total. The number of hydrogen-bond acceptors (Lipinski definition) is 4. The first-order valence-corrected chi connectivity index (χ1v) is 7.84. The Balaban J connectivity index is 1.97. The van der Waals surface area contributed by atoms with Crippen molar-refractivity contribution in [3.05, 3.63) is 17.8 Å². The molecule has 0 radical (unpaired) electrons. The molecule has 4 nitrogen and oxygen atoms in total. The quantitative estimate of drug-likeness (QED) is 0.900. The maximum Gasteiger partial charge on any atom is 0.208 e. The van der Waals surface area contributed by atoms with Gasteiger partial charge >= 0.3 is 0 Å². The van der Waals surface area contributed by atoms with Crippen LogP contribution in [0.1, 0.15) is 58.1 Å². The van der Waals surface area contributed by atoms with Crippen molar-refractivity contribution in [3.63, 3.8) is 0 Å².